The summed E-state index contributed by atoms with van der Waals surface area (Å²) in [4.78, 5) is 0. The van der Waals surface area contributed by atoms with Crippen LogP contribution in [0, 0.1) is 0 Å². The van der Waals surface area contributed by atoms with Gasteiger partial charge >= 0.3 is 35.6 Å². The summed E-state index contributed by atoms with van der Waals surface area (Å²) in [5.41, 5.74) is 0. The van der Waals surface area contributed by atoms with E-state index in [0.717, 1.165) is 21.2 Å². The van der Waals surface area contributed by atoms with Crippen molar-refractivity contribution in [3.05, 3.63) is 243 Å². The van der Waals surface area contributed by atoms with E-state index >= 15 is 0 Å². The van der Waals surface area contributed by atoms with Crippen LogP contribution in [0.25, 0.3) is 0 Å². The molecule has 348 valence electrons. The van der Waals surface area contributed by atoms with Gasteiger partial charge in [0.25, 0.3) is 0 Å². The average molecular weight is 1170 g/mol. The van der Waals surface area contributed by atoms with E-state index in [1.807, 2.05) is 146 Å². The summed E-state index contributed by atoms with van der Waals surface area (Å²) in [6.07, 6.45) is 0. The van der Waals surface area contributed by atoms with E-state index in [4.69, 9.17) is 0 Å². The Bertz CT molecular complexity index is 2340. The van der Waals surface area contributed by atoms with Crippen molar-refractivity contribution in [2.45, 2.75) is 0 Å². The first-order valence-electron chi connectivity index (χ1n) is 20.5. The molecule has 8 rings (SSSR count). The Hall–Kier alpha value is -4.66. The monoisotopic (exact) mass is 1170 g/mol. The molecule has 67 heavy (non-hydrogen) atoms. The molecule has 0 heterocycles. The zero-order chi connectivity index (χ0) is 47.5. The summed E-state index contributed by atoms with van der Waals surface area (Å²) < 4.78 is 107. The van der Waals surface area contributed by atoms with Crippen molar-refractivity contribution in [1.29, 1.82) is 0 Å². The van der Waals surface area contributed by atoms with Gasteiger partial charge in [-0.1, -0.05) is 243 Å². The molecule has 2 nitrogen and oxygen atoms in total. The molecule has 8 aromatic rings. The third-order valence-electron chi connectivity index (χ3n) is 9.65. The first-order valence-corrected chi connectivity index (χ1v) is 27.3. The number of benzene rings is 8. The standard InChI is InChI=1S/2C25H22OP2.2BF4.Pt/c2*26-28(24-17-9-3-10-18-24,25-19-11-4-12-20-25)21-27(22-13-5-1-6-14-22)23-15-7-2-8-16-23;2*2-1(3,4)5;/h2*1-20H,21H2;;;/q;;2*-1;+2. The summed E-state index contributed by atoms with van der Waals surface area (Å²) in [5.74, 6) is 1.26. The summed E-state index contributed by atoms with van der Waals surface area (Å²) in [6.45, 7) is 0. The van der Waals surface area contributed by atoms with Gasteiger partial charge in [0, 0.05) is 33.0 Å². The van der Waals surface area contributed by atoms with E-state index in [9.17, 15) is 43.7 Å². The molecule has 0 spiro atoms. The molecule has 0 aliphatic rings. The van der Waals surface area contributed by atoms with Gasteiger partial charge in [-0.3, -0.25) is 0 Å². The van der Waals surface area contributed by atoms with Crippen LogP contribution >= 0.6 is 30.1 Å². The van der Waals surface area contributed by atoms with E-state index in [-0.39, 0.29) is 21.1 Å². The molecule has 0 bridgehead atoms. The Morgan fingerprint density at radius 1 is 0.284 bits per heavy atom. The Morgan fingerprint density at radius 3 is 0.567 bits per heavy atom. The molecule has 0 saturated carbocycles. The molecule has 0 fully saturated rings. The van der Waals surface area contributed by atoms with Crippen molar-refractivity contribution in [2.75, 3.05) is 11.8 Å². The van der Waals surface area contributed by atoms with Crippen LogP contribution in [0.1, 0.15) is 0 Å². The smallest absolute Gasteiger partial charge is 0.418 e. The molecule has 17 heteroatoms. The van der Waals surface area contributed by atoms with Crippen molar-refractivity contribution in [1.82, 2.24) is 0 Å². The third-order valence-corrected chi connectivity index (χ3v) is 23.3. The second-order valence-electron chi connectivity index (χ2n) is 14.3. The summed E-state index contributed by atoms with van der Waals surface area (Å²) in [7, 11) is -19.1. The van der Waals surface area contributed by atoms with Gasteiger partial charge in [0.05, 0.1) is 0 Å². The van der Waals surface area contributed by atoms with E-state index in [1.165, 1.54) is 21.2 Å². The predicted octanol–water partition coefficient (Wildman–Crippen LogP) is 12.8. The second kappa shape index (κ2) is 26.8. The van der Waals surface area contributed by atoms with Crippen LogP contribution in [0.4, 0.5) is 34.5 Å². The summed E-state index contributed by atoms with van der Waals surface area (Å²) >= 11 is 0. The molecular weight excluding hydrogens is 1130 g/mol. The molecule has 0 aliphatic heterocycles. The fourth-order valence-corrected chi connectivity index (χ4v) is 21.1. The van der Waals surface area contributed by atoms with Gasteiger partial charge in [-0.25, -0.2) is 0 Å². The van der Waals surface area contributed by atoms with Gasteiger partial charge in [-0.15, -0.1) is 0 Å². The number of rotatable bonds is 12. The van der Waals surface area contributed by atoms with Crippen LogP contribution in [0.5, 0.6) is 0 Å². The van der Waals surface area contributed by atoms with Gasteiger partial charge in [0.2, 0.25) is 0 Å². The maximum atomic E-state index is 14.6. The normalized spacial score (nSPS) is 11.4. The fourth-order valence-electron chi connectivity index (χ4n) is 6.75. The zero-order valence-electron chi connectivity index (χ0n) is 35.6. The predicted molar refractivity (Wildman–Crippen MR) is 268 cm³/mol. The van der Waals surface area contributed by atoms with E-state index in [2.05, 4.69) is 97.1 Å². The SMILES string of the molecule is F[B-](F)(F)F.F[B-](F)(F)F.O=P(CP(c1ccccc1)c1ccccc1)(c1ccccc1)c1ccccc1.O=P(CP(c1ccccc1)c1ccccc1)(c1ccccc1)c1ccccc1.[Pt+2]. The van der Waals surface area contributed by atoms with Crippen LogP contribution in [0.15, 0.2) is 243 Å². The van der Waals surface area contributed by atoms with Crippen LogP contribution in [-0.2, 0) is 30.2 Å². The molecule has 0 radical (unpaired) electrons. The van der Waals surface area contributed by atoms with Crippen molar-refractivity contribution < 1.29 is 64.7 Å². The third kappa shape index (κ3) is 18.1. The van der Waals surface area contributed by atoms with Crippen LogP contribution in [0.3, 0.4) is 0 Å². The molecule has 0 aliphatic carbocycles. The van der Waals surface area contributed by atoms with Crippen molar-refractivity contribution >= 4 is 87.1 Å². The molecular formula is C50H44B2F8O2P4Pt. The minimum Gasteiger partial charge on any atom is -0.418 e. The quantitative estimate of drug-likeness (QED) is 0.0694. The molecule has 0 N–H and O–H groups in total. The van der Waals surface area contributed by atoms with Gasteiger partial charge in [-0.2, -0.15) is 0 Å². The summed E-state index contributed by atoms with van der Waals surface area (Å²) in [5, 5.41) is 8.76. The number of hydrogen-bond acceptors (Lipinski definition) is 2. The van der Waals surface area contributed by atoms with Gasteiger partial charge in [0.15, 0.2) is 0 Å². The van der Waals surface area contributed by atoms with Gasteiger partial charge in [-0.05, 0) is 37.1 Å². The van der Waals surface area contributed by atoms with Crippen molar-refractivity contribution in [2.24, 2.45) is 0 Å². The van der Waals surface area contributed by atoms with Gasteiger partial charge in [0.1, 0.15) is 14.3 Å². The van der Waals surface area contributed by atoms with E-state index in [1.54, 1.807) is 0 Å². The maximum Gasteiger partial charge on any atom is 2.00 e. The molecule has 0 aromatic heterocycles. The fraction of sp³-hybridized carbons (Fsp3) is 0.0400. The second-order valence-corrected chi connectivity index (χ2v) is 25.4. The number of halogens is 8. The van der Waals surface area contributed by atoms with Crippen LogP contribution in [-0.4, -0.2) is 26.3 Å². The zero-order valence-corrected chi connectivity index (χ0v) is 41.5. The van der Waals surface area contributed by atoms with Crippen LogP contribution in [0.2, 0.25) is 0 Å². The Morgan fingerprint density at radius 2 is 0.418 bits per heavy atom. The minimum atomic E-state index is -6.00. The van der Waals surface area contributed by atoms with Gasteiger partial charge < -0.3 is 43.7 Å². The topological polar surface area (TPSA) is 34.1 Å². The molecule has 0 atom stereocenters. The van der Waals surface area contributed by atoms with Crippen LogP contribution < -0.4 is 42.4 Å². The molecule has 8 aromatic carbocycles. The maximum absolute atomic E-state index is 14.6. The van der Waals surface area contributed by atoms with E-state index < -0.39 is 44.6 Å². The Balaban J connectivity index is 0.000000241. The van der Waals surface area contributed by atoms with Crippen molar-refractivity contribution in [3.8, 4) is 0 Å². The molecule has 0 unspecified atom stereocenters. The first kappa shape index (κ1) is 54.9. The van der Waals surface area contributed by atoms with E-state index in [0.29, 0.717) is 11.8 Å². The largest absolute Gasteiger partial charge is 2.00 e. The minimum absolute atomic E-state index is 0. The molecule has 0 amide bonds. The summed E-state index contributed by atoms with van der Waals surface area (Å²) in [6, 6.07) is 82.0. The molecule has 0 saturated heterocycles. The van der Waals surface area contributed by atoms with Crippen molar-refractivity contribution in [3.63, 3.8) is 0 Å². The Labute approximate surface area is 404 Å². The average Bonchev–Trinajstić information content (AvgIpc) is 3.34. The number of hydrogen-bond donors (Lipinski definition) is 0. The first-order chi connectivity index (χ1) is 31.5. The Kier molecular flexibility index (Phi) is 21.9.